The van der Waals surface area contributed by atoms with Gasteiger partial charge in [0, 0.05) is 34.6 Å². The number of aromatic nitrogens is 1. The molecular formula is C35H29Cl3N2O5S. The lowest BCUT2D eigenvalue weighted by molar-refractivity contribution is -0.245. The summed E-state index contributed by atoms with van der Waals surface area (Å²) < 4.78 is 17.2. The maximum atomic E-state index is 12.3. The normalized spacial score (nSPS) is 18.3. The zero-order chi connectivity index (χ0) is 32.1. The number of nitrogens with one attached hydrogen (secondary N) is 1. The number of carbonyl (C=O) groups excluding carboxylic acids is 1. The van der Waals surface area contributed by atoms with Gasteiger partial charge in [-0.2, -0.15) is 0 Å². The van der Waals surface area contributed by atoms with Crippen LogP contribution in [0.3, 0.4) is 0 Å². The Morgan fingerprint density at radius 2 is 1.57 bits per heavy atom. The van der Waals surface area contributed by atoms with Gasteiger partial charge in [0.15, 0.2) is 12.1 Å². The molecule has 236 valence electrons. The maximum absolute atomic E-state index is 12.3. The van der Waals surface area contributed by atoms with Gasteiger partial charge in [-0.15, -0.1) is 0 Å². The molecule has 4 aromatic carbocycles. The minimum atomic E-state index is -2.11. The molecule has 2 N–H and O–H groups in total. The molecule has 1 amide bonds. The molecule has 0 bridgehead atoms. The van der Waals surface area contributed by atoms with E-state index in [0.29, 0.717) is 34.4 Å². The molecule has 0 radical (unpaired) electrons. The highest BCUT2D eigenvalue weighted by Crippen LogP contribution is 2.41. The van der Waals surface area contributed by atoms with Crippen molar-refractivity contribution in [2.75, 3.05) is 11.1 Å². The number of nitrogens with zero attached hydrogens (tertiary/aromatic N) is 1. The number of benzene rings is 4. The topological polar surface area (TPSA) is 93.8 Å². The van der Waals surface area contributed by atoms with Gasteiger partial charge >= 0.3 is 0 Å². The fourth-order valence-electron chi connectivity index (χ4n) is 5.09. The molecule has 1 aliphatic heterocycles. The molecule has 3 atom stereocenters. The van der Waals surface area contributed by atoms with Crippen LogP contribution < -0.4 is 5.32 Å². The predicted octanol–water partition coefficient (Wildman–Crippen LogP) is 9.15. The third-order valence-corrected chi connectivity index (χ3v) is 8.85. The molecule has 2 heterocycles. The monoisotopic (exact) mass is 694 g/mol. The van der Waals surface area contributed by atoms with Crippen molar-refractivity contribution in [3.8, 4) is 22.6 Å². The van der Waals surface area contributed by atoms with E-state index in [1.54, 1.807) is 18.2 Å². The van der Waals surface area contributed by atoms with Gasteiger partial charge in [-0.05, 0) is 23.3 Å². The Hall–Kier alpha value is -3.34. The second kappa shape index (κ2) is 14.6. The van der Waals surface area contributed by atoms with E-state index < -0.39 is 16.0 Å². The number of carbonyl (C=O) groups is 1. The molecule has 0 aliphatic carbocycles. The first kappa shape index (κ1) is 32.6. The molecule has 5 aromatic rings. The number of amides is 1. The summed E-state index contributed by atoms with van der Waals surface area (Å²) in [6, 6.07) is 34.6. The van der Waals surface area contributed by atoms with E-state index in [1.807, 2.05) is 91.0 Å². The Labute approximate surface area is 285 Å². The van der Waals surface area contributed by atoms with Crippen molar-refractivity contribution in [1.82, 2.24) is 4.98 Å². The Kier molecular flexibility index (Phi) is 10.4. The number of alkyl halides is 3. The molecule has 0 saturated carbocycles. The fraction of sp³-hybridized carbons (Fsp3) is 0.200. The number of ether oxygens (including phenoxy) is 2. The van der Waals surface area contributed by atoms with E-state index >= 15 is 0 Å². The zero-order valence-corrected chi connectivity index (χ0v) is 27.4. The van der Waals surface area contributed by atoms with Crippen LogP contribution in [0.5, 0.6) is 0 Å². The second-order valence-electron chi connectivity index (χ2n) is 10.6. The Balaban J connectivity index is 1.25. The number of hydrogen-bond donors (Lipinski definition) is 2. The van der Waals surface area contributed by atoms with E-state index in [1.165, 1.54) is 11.8 Å². The summed E-state index contributed by atoms with van der Waals surface area (Å²) in [6.45, 7) is -0.0460. The Bertz CT molecular complexity index is 1710. The van der Waals surface area contributed by atoms with E-state index in [9.17, 15) is 9.90 Å². The smallest absolute Gasteiger partial charge is 0.276 e. The number of oxazole rings is 1. The zero-order valence-electron chi connectivity index (χ0n) is 24.3. The quantitative estimate of drug-likeness (QED) is 0.117. The molecule has 7 nitrogen and oxygen atoms in total. The average Bonchev–Trinajstić information content (AvgIpc) is 3.52. The second-order valence-corrected chi connectivity index (χ2v) is 13.9. The highest BCUT2D eigenvalue weighted by atomic mass is 35.6. The van der Waals surface area contributed by atoms with Crippen molar-refractivity contribution >= 4 is 58.2 Å². The summed E-state index contributed by atoms with van der Waals surface area (Å²) in [7, 11) is 0. The number of aliphatic hydroxyl groups excluding tert-OH is 1. The average molecular weight is 696 g/mol. The van der Waals surface area contributed by atoms with Gasteiger partial charge in [0.1, 0.15) is 5.69 Å². The molecule has 1 saturated heterocycles. The summed E-state index contributed by atoms with van der Waals surface area (Å²) >= 11 is 18.7. The molecule has 1 aromatic heterocycles. The molecule has 0 unspecified atom stereocenters. The van der Waals surface area contributed by atoms with E-state index in [4.69, 9.17) is 53.7 Å². The highest BCUT2D eigenvalue weighted by Gasteiger charge is 2.34. The number of halogens is 3. The Morgan fingerprint density at radius 1 is 0.870 bits per heavy atom. The third-order valence-electron chi connectivity index (χ3n) is 7.37. The van der Waals surface area contributed by atoms with E-state index in [0.717, 1.165) is 27.9 Å². The summed E-state index contributed by atoms with van der Waals surface area (Å²) in [5.41, 5.74) is 5.56. The van der Waals surface area contributed by atoms with Gasteiger partial charge < -0.3 is 24.3 Å². The van der Waals surface area contributed by atoms with E-state index in [-0.39, 0.29) is 18.8 Å². The first-order valence-electron chi connectivity index (χ1n) is 14.5. The first-order chi connectivity index (χ1) is 22.3. The highest BCUT2D eigenvalue weighted by molar-refractivity contribution is 7.99. The molecule has 46 heavy (non-hydrogen) atoms. The van der Waals surface area contributed by atoms with Crippen LogP contribution >= 0.6 is 46.6 Å². The minimum absolute atomic E-state index is 0.0460. The van der Waals surface area contributed by atoms with Crippen molar-refractivity contribution in [2.24, 2.45) is 0 Å². The minimum Gasteiger partial charge on any atom is -0.431 e. The lowest BCUT2D eigenvalue weighted by Crippen LogP contribution is -2.31. The van der Waals surface area contributed by atoms with Crippen LogP contribution in [0, 0.1) is 0 Å². The van der Waals surface area contributed by atoms with Crippen LogP contribution in [0.4, 0.5) is 5.69 Å². The lowest BCUT2D eigenvalue weighted by atomic mass is 10.0. The van der Waals surface area contributed by atoms with Crippen LogP contribution in [0.25, 0.3) is 22.6 Å². The van der Waals surface area contributed by atoms with Crippen LogP contribution in [-0.2, 0) is 20.9 Å². The van der Waals surface area contributed by atoms with E-state index in [2.05, 4.69) is 5.32 Å². The summed E-state index contributed by atoms with van der Waals surface area (Å²) in [6.07, 6.45) is -0.738. The van der Waals surface area contributed by atoms with Gasteiger partial charge in [-0.1, -0.05) is 144 Å². The van der Waals surface area contributed by atoms with Gasteiger partial charge in [-0.3, -0.25) is 4.79 Å². The van der Waals surface area contributed by atoms with Crippen LogP contribution in [0.1, 0.15) is 35.5 Å². The molecule has 1 aliphatic rings. The number of hydrogen-bond acceptors (Lipinski definition) is 7. The van der Waals surface area contributed by atoms with Crippen LogP contribution in [0.15, 0.2) is 119 Å². The van der Waals surface area contributed by atoms with Gasteiger partial charge in [0.2, 0.25) is 0 Å². The fourth-order valence-corrected chi connectivity index (χ4v) is 6.07. The standard InChI is InChI=1S/C35H29Cl3N2O5S/c36-35(37,38)33(42)39-27-13-7-12-26(18-27)32-43-28(19-29(44-32)23-16-14-22(20-41)15-17-23)21-46-34-40-30(24-8-3-1-4-9-24)31(45-34)25-10-5-2-6-11-25/h1-18,28-29,32,41H,19-21H2,(H,39,42)/t28-,29+,32+/m0/s1. The van der Waals surface area contributed by atoms with Crippen LogP contribution in [0.2, 0.25) is 0 Å². The number of anilines is 1. The van der Waals surface area contributed by atoms with Crippen molar-refractivity contribution in [1.29, 1.82) is 0 Å². The third kappa shape index (κ3) is 7.96. The predicted molar refractivity (Wildman–Crippen MR) is 182 cm³/mol. The Morgan fingerprint density at radius 3 is 2.24 bits per heavy atom. The van der Waals surface area contributed by atoms with Crippen molar-refractivity contribution in [2.45, 2.75) is 40.5 Å². The number of rotatable bonds is 9. The first-order valence-corrected chi connectivity index (χ1v) is 16.6. The van der Waals surface area contributed by atoms with Gasteiger partial charge in [0.05, 0.1) is 18.8 Å². The molecule has 11 heteroatoms. The summed E-state index contributed by atoms with van der Waals surface area (Å²) in [5.74, 6) is 0.472. The molecule has 6 rings (SSSR count). The van der Waals surface area contributed by atoms with Gasteiger partial charge in [-0.25, -0.2) is 4.98 Å². The maximum Gasteiger partial charge on any atom is 0.276 e. The van der Waals surface area contributed by atoms with Crippen molar-refractivity contribution in [3.63, 3.8) is 0 Å². The molecule has 0 spiro atoms. The molecular weight excluding hydrogens is 667 g/mol. The van der Waals surface area contributed by atoms with Gasteiger partial charge in [0.25, 0.3) is 14.9 Å². The lowest BCUT2D eigenvalue weighted by Gasteiger charge is -2.36. The number of aliphatic hydroxyl groups is 1. The van der Waals surface area contributed by atoms with Crippen molar-refractivity contribution < 1.29 is 23.8 Å². The van der Waals surface area contributed by atoms with Crippen molar-refractivity contribution in [3.05, 3.63) is 126 Å². The SMILES string of the molecule is O=C(Nc1cccc([C@@H]2O[C@H](CSc3nc(-c4ccccc4)c(-c4ccccc4)o3)C[C@H](c3ccc(CO)cc3)O2)c1)C(Cl)(Cl)Cl. The largest absolute Gasteiger partial charge is 0.431 e. The summed E-state index contributed by atoms with van der Waals surface area (Å²) in [5, 5.41) is 12.7. The van der Waals surface area contributed by atoms with Crippen LogP contribution in [-0.4, -0.2) is 31.6 Å². The summed E-state index contributed by atoms with van der Waals surface area (Å²) in [4.78, 5) is 17.2. The number of thioether (sulfide) groups is 1. The molecule has 1 fully saturated rings.